The number of hydrogen-bond donors (Lipinski definition) is 1. The van der Waals surface area contributed by atoms with Gasteiger partial charge in [-0.15, -0.1) is 0 Å². The molecular weight excluding hydrogens is 363 g/mol. The molecule has 1 atom stereocenters. The van der Waals surface area contributed by atoms with Crippen LogP contribution >= 0.6 is 0 Å². The van der Waals surface area contributed by atoms with Crippen LogP contribution < -0.4 is 19.6 Å². The first-order valence-corrected chi connectivity index (χ1v) is 9.21. The Bertz CT molecular complexity index is 815. The van der Waals surface area contributed by atoms with Gasteiger partial charge in [-0.1, -0.05) is 0 Å². The average Bonchev–Trinajstić information content (AvgIpc) is 2.72. The molecule has 28 heavy (non-hydrogen) atoms. The predicted octanol–water partition coefficient (Wildman–Crippen LogP) is -0.0693. The molecule has 0 bridgehead atoms. The van der Waals surface area contributed by atoms with E-state index in [0.29, 0.717) is 31.7 Å². The maximum atomic E-state index is 13.0. The van der Waals surface area contributed by atoms with Gasteiger partial charge in [-0.3, -0.25) is 4.79 Å². The molecule has 2 aromatic rings. The van der Waals surface area contributed by atoms with Crippen molar-refractivity contribution in [1.82, 2.24) is 0 Å². The van der Waals surface area contributed by atoms with Crippen LogP contribution in [0.2, 0.25) is 0 Å². The van der Waals surface area contributed by atoms with E-state index in [4.69, 9.17) is 4.74 Å². The number of ketones is 1. The number of rotatable bonds is 7. The summed E-state index contributed by atoms with van der Waals surface area (Å²) in [4.78, 5) is 27.1. The summed E-state index contributed by atoms with van der Waals surface area (Å²) in [7, 11) is 1.62. The van der Waals surface area contributed by atoms with Crippen LogP contribution in [0.3, 0.4) is 0 Å². The van der Waals surface area contributed by atoms with Crippen LogP contribution in [0.1, 0.15) is 16.8 Å². The number of carbonyl (C=O) groups excluding carboxylic acids is 2. The molecule has 2 aromatic carbocycles. The summed E-state index contributed by atoms with van der Waals surface area (Å²) in [5.74, 6) is -1.21. The van der Waals surface area contributed by atoms with Crippen LogP contribution in [0, 0.1) is 5.82 Å². The van der Waals surface area contributed by atoms with Crippen LogP contribution in [0.5, 0.6) is 5.75 Å². The SMILES string of the molecule is COc1ccc(N2CC[NH+]([C@H](CC(=O)c3ccc(F)cc3)C(=O)[O-])CC2)cc1. The number of aliphatic carboxylic acids is 1. The van der Waals surface area contributed by atoms with E-state index in [-0.39, 0.29) is 12.2 Å². The van der Waals surface area contributed by atoms with E-state index in [9.17, 15) is 19.1 Å². The number of nitrogens with zero attached hydrogens (tertiary/aromatic N) is 1. The third-order valence-corrected chi connectivity index (χ3v) is 5.18. The molecule has 0 radical (unpaired) electrons. The Labute approximate surface area is 163 Å². The summed E-state index contributed by atoms with van der Waals surface area (Å²) in [5.41, 5.74) is 1.36. The van der Waals surface area contributed by atoms with Crippen LogP contribution in [0.15, 0.2) is 48.5 Å². The molecule has 148 valence electrons. The highest BCUT2D eigenvalue weighted by Crippen LogP contribution is 2.19. The first kappa shape index (κ1) is 19.8. The second kappa shape index (κ2) is 8.84. The molecule has 1 heterocycles. The summed E-state index contributed by atoms with van der Waals surface area (Å²) in [6.45, 7) is 2.52. The number of halogens is 1. The highest BCUT2D eigenvalue weighted by atomic mass is 19.1. The predicted molar refractivity (Wildman–Crippen MR) is 100 cm³/mol. The summed E-state index contributed by atoms with van der Waals surface area (Å²) in [5, 5.41) is 11.7. The number of carboxylic acids is 1. The van der Waals surface area contributed by atoms with E-state index in [2.05, 4.69) is 4.90 Å². The van der Waals surface area contributed by atoms with E-state index < -0.39 is 17.8 Å². The largest absolute Gasteiger partial charge is 0.544 e. The molecule has 0 saturated carbocycles. The fourth-order valence-corrected chi connectivity index (χ4v) is 3.53. The van der Waals surface area contributed by atoms with Gasteiger partial charge >= 0.3 is 0 Å². The van der Waals surface area contributed by atoms with Gasteiger partial charge < -0.3 is 24.4 Å². The van der Waals surface area contributed by atoms with Gasteiger partial charge in [-0.25, -0.2) is 4.39 Å². The number of hydrogen-bond acceptors (Lipinski definition) is 5. The van der Waals surface area contributed by atoms with Gasteiger partial charge in [0.1, 0.15) is 17.6 Å². The number of anilines is 1. The monoisotopic (exact) mass is 386 g/mol. The number of methoxy groups -OCH3 is 1. The molecule has 1 aliphatic heterocycles. The van der Waals surface area contributed by atoms with Crippen LogP contribution in [-0.2, 0) is 4.79 Å². The third kappa shape index (κ3) is 4.67. The van der Waals surface area contributed by atoms with E-state index in [1.165, 1.54) is 24.3 Å². The number of ether oxygens (including phenoxy) is 1. The van der Waals surface area contributed by atoms with Crippen molar-refractivity contribution in [3.63, 3.8) is 0 Å². The Hall–Kier alpha value is -2.93. The lowest BCUT2D eigenvalue weighted by Gasteiger charge is -2.37. The topological polar surface area (TPSA) is 74.1 Å². The Morgan fingerprint density at radius 3 is 2.25 bits per heavy atom. The number of carboxylic acid groups (broad SMARTS) is 1. The maximum Gasteiger partial charge on any atom is 0.169 e. The van der Waals surface area contributed by atoms with Gasteiger partial charge in [-0.2, -0.15) is 0 Å². The van der Waals surface area contributed by atoms with Crippen molar-refractivity contribution in [2.45, 2.75) is 12.5 Å². The second-order valence-corrected chi connectivity index (χ2v) is 6.85. The van der Waals surface area contributed by atoms with Crippen molar-refractivity contribution in [2.75, 3.05) is 38.2 Å². The van der Waals surface area contributed by atoms with Crippen LogP contribution in [0.4, 0.5) is 10.1 Å². The van der Waals surface area contributed by atoms with Crippen LogP contribution in [-0.4, -0.2) is 51.1 Å². The zero-order valence-electron chi connectivity index (χ0n) is 15.7. The minimum absolute atomic E-state index is 0.161. The van der Waals surface area contributed by atoms with Gasteiger partial charge in [0.25, 0.3) is 0 Å². The molecule has 6 nitrogen and oxygen atoms in total. The molecule has 0 aliphatic carbocycles. The van der Waals surface area contributed by atoms with Crippen molar-refractivity contribution >= 4 is 17.4 Å². The van der Waals surface area contributed by atoms with Gasteiger partial charge in [0, 0.05) is 11.3 Å². The number of carbonyl (C=O) groups is 2. The molecule has 1 N–H and O–H groups in total. The lowest BCUT2D eigenvalue weighted by molar-refractivity contribution is -0.918. The molecule has 1 saturated heterocycles. The van der Waals surface area contributed by atoms with Crippen molar-refractivity contribution in [3.8, 4) is 5.75 Å². The molecule has 1 aliphatic rings. The number of piperazine rings is 1. The number of Topliss-reactive ketones (excluding diaryl/α,β-unsaturated/α-hetero) is 1. The molecule has 0 unspecified atom stereocenters. The Morgan fingerprint density at radius 1 is 1.11 bits per heavy atom. The Balaban J connectivity index is 1.61. The first-order chi connectivity index (χ1) is 13.5. The highest BCUT2D eigenvalue weighted by molar-refractivity contribution is 5.98. The van der Waals surface area contributed by atoms with Gasteiger partial charge in [0.2, 0.25) is 0 Å². The third-order valence-electron chi connectivity index (χ3n) is 5.18. The highest BCUT2D eigenvalue weighted by Gasteiger charge is 2.30. The lowest BCUT2D eigenvalue weighted by Crippen LogP contribution is -3.19. The molecule has 0 amide bonds. The van der Waals surface area contributed by atoms with Gasteiger partial charge in [-0.05, 0) is 48.5 Å². The summed E-state index contributed by atoms with van der Waals surface area (Å²) < 4.78 is 18.2. The minimum atomic E-state index is -1.23. The molecular formula is C21H23FN2O4. The summed E-state index contributed by atoms with van der Waals surface area (Å²) in [6.07, 6.45) is -0.161. The summed E-state index contributed by atoms with van der Waals surface area (Å²) >= 11 is 0. The zero-order chi connectivity index (χ0) is 20.1. The molecule has 0 aromatic heterocycles. The molecule has 1 fully saturated rings. The normalized spacial score (nSPS) is 15.9. The Morgan fingerprint density at radius 2 is 1.71 bits per heavy atom. The molecule has 3 rings (SSSR count). The number of nitrogens with one attached hydrogen (secondary N) is 1. The van der Waals surface area contributed by atoms with E-state index in [1.54, 1.807) is 7.11 Å². The van der Waals surface area contributed by atoms with Crippen molar-refractivity contribution in [1.29, 1.82) is 0 Å². The van der Waals surface area contributed by atoms with Crippen molar-refractivity contribution in [2.24, 2.45) is 0 Å². The fourth-order valence-electron chi connectivity index (χ4n) is 3.53. The zero-order valence-corrected chi connectivity index (χ0v) is 15.7. The standard InChI is InChI=1S/C21H23FN2O4/c1-28-18-8-6-17(7-9-18)23-10-12-24(13-11-23)19(21(26)27)14-20(25)15-2-4-16(22)5-3-15/h2-9,19H,10-14H2,1H3,(H,26,27)/t19-/m1/s1. The number of benzene rings is 2. The number of quaternary nitrogens is 1. The fraction of sp³-hybridized carbons (Fsp3) is 0.333. The average molecular weight is 386 g/mol. The molecule has 0 spiro atoms. The van der Waals surface area contributed by atoms with Crippen molar-refractivity contribution in [3.05, 3.63) is 59.9 Å². The Kier molecular flexibility index (Phi) is 6.26. The quantitative estimate of drug-likeness (QED) is 0.675. The summed E-state index contributed by atoms with van der Waals surface area (Å²) in [6, 6.07) is 11.9. The van der Waals surface area contributed by atoms with Gasteiger partial charge in [0.05, 0.1) is 45.7 Å². The smallest absolute Gasteiger partial charge is 0.169 e. The maximum absolute atomic E-state index is 13.0. The first-order valence-electron chi connectivity index (χ1n) is 9.21. The second-order valence-electron chi connectivity index (χ2n) is 6.85. The van der Waals surface area contributed by atoms with Crippen LogP contribution in [0.25, 0.3) is 0 Å². The van der Waals surface area contributed by atoms with Crippen molar-refractivity contribution < 1.29 is 28.7 Å². The van der Waals surface area contributed by atoms with E-state index in [1.807, 2.05) is 24.3 Å². The van der Waals surface area contributed by atoms with E-state index >= 15 is 0 Å². The van der Waals surface area contributed by atoms with Gasteiger partial charge in [0.15, 0.2) is 5.78 Å². The minimum Gasteiger partial charge on any atom is -0.544 e. The van der Waals surface area contributed by atoms with E-state index in [0.717, 1.165) is 16.3 Å². The molecule has 7 heteroatoms. The lowest BCUT2D eigenvalue weighted by atomic mass is 10.0.